The molecule has 0 amide bonds. The van der Waals surface area contributed by atoms with Crippen molar-refractivity contribution in [3.63, 3.8) is 0 Å². The fourth-order valence-electron chi connectivity index (χ4n) is 1.94. The molecule has 3 nitrogen and oxygen atoms in total. The van der Waals surface area contributed by atoms with Crippen molar-refractivity contribution in [1.29, 1.82) is 0 Å². The summed E-state index contributed by atoms with van der Waals surface area (Å²) >= 11 is 0. The molecule has 90 valence electrons. The first-order valence-corrected chi connectivity index (χ1v) is 5.98. The maximum atomic E-state index is 5.70. The highest BCUT2D eigenvalue weighted by atomic mass is 16.5. The van der Waals surface area contributed by atoms with Crippen LogP contribution in [0.3, 0.4) is 0 Å². The second-order valence-electron chi connectivity index (χ2n) is 4.20. The van der Waals surface area contributed by atoms with E-state index in [0.29, 0.717) is 6.61 Å². The van der Waals surface area contributed by atoms with E-state index in [0.717, 1.165) is 23.7 Å². The zero-order valence-corrected chi connectivity index (χ0v) is 9.97. The SMILES string of the molecule is C1=C(CNc2ccccn2)COc2ccccc21. The fourth-order valence-corrected chi connectivity index (χ4v) is 1.94. The number of para-hydroxylation sites is 1. The zero-order valence-electron chi connectivity index (χ0n) is 9.97. The highest BCUT2D eigenvalue weighted by Crippen LogP contribution is 2.25. The van der Waals surface area contributed by atoms with E-state index in [1.54, 1.807) is 6.20 Å². The van der Waals surface area contributed by atoms with E-state index < -0.39 is 0 Å². The lowest BCUT2D eigenvalue weighted by atomic mass is 10.1. The van der Waals surface area contributed by atoms with Crippen molar-refractivity contribution in [3.05, 3.63) is 59.8 Å². The standard InChI is InChI=1S/C15H14N2O/c1-2-6-14-13(5-1)9-12(11-18-14)10-17-15-7-3-4-8-16-15/h1-9H,10-11H2,(H,16,17). The van der Waals surface area contributed by atoms with Gasteiger partial charge >= 0.3 is 0 Å². The Morgan fingerprint density at radius 2 is 2.00 bits per heavy atom. The molecule has 0 fully saturated rings. The van der Waals surface area contributed by atoms with E-state index >= 15 is 0 Å². The number of pyridine rings is 1. The van der Waals surface area contributed by atoms with Gasteiger partial charge in [-0.25, -0.2) is 4.98 Å². The number of hydrogen-bond donors (Lipinski definition) is 1. The summed E-state index contributed by atoms with van der Waals surface area (Å²) in [7, 11) is 0. The number of nitrogens with zero attached hydrogens (tertiary/aromatic N) is 1. The third-order valence-electron chi connectivity index (χ3n) is 2.85. The number of ether oxygens (including phenoxy) is 1. The molecule has 0 aliphatic carbocycles. The van der Waals surface area contributed by atoms with Gasteiger partial charge in [0, 0.05) is 18.3 Å². The first-order chi connectivity index (χ1) is 8.92. The average molecular weight is 238 g/mol. The van der Waals surface area contributed by atoms with Gasteiger partial charge < -0.3 is 10.1 Å². The Kier molecular flexibility index (Phi) is 2.96. The molecule has 1 aliphatic heterocycles. The highest BCUT2D eigenvalue weighted by molar-refractivity contribution is 5.62. The third-order valence-corrected chi connectivity index (χ3v) is 2.85. The third kappa shape index (κ3) is 2.35. The average Bonchev–Trinajstić information content (AvgIpc) is 2.46. The van der Waals surface area contributed by atoms with Crippen molar-refractivity contribution < 1.29 is 4.74 Å². The fraction of sp³-hybridized carbons (Fsp3) is 0.133. The van der Waals surface area contributed by atoms with E-state index in [4.69, 9.17) is 4.74 Å². The Bertz CT molecular complexity index is 564. The molecule has 0 bridgehead atoms. The molecule has 3 heteroatoms. The number of rotatable bonds is 3. The quantitative estimate of drug-likeness (QED) is 0.892. The molecule has 0 spiro atoms. The molecule has 18 heavy (non-hydrogen) atoms. The smallest absolute Gasteiger partial charge is 0.127 e. The summed E-state index contributed by atoms with van der Waals surface area (Å²) in [4.78, 5) is 4.23. The van der Waals surface area contributed by atoms with Crippen molar-refractivity contribution in [2.24, 2.45) is 0 Å². The minimum atomic E-state index is 0.636. The molecule has 0 radical (unpaired) electrons. The molecule has 2 aromatic rings. The summed E-state index contributed by atoms with van der Waals surface area (Å²) in [6.45, 7) is 1.39. The molecule has 0 saturated heterocycles. The summed E-state index contributed by atoms with van der Waals surface area (Å²) in [5.74, 6) is 1.84. The molecule has 1 N–H and O–H groups in total. The van der Waals surface area contributed by atoms with Gasteiger partial charge in [0.2, 0.25) is 0 Å². The van der Waals surface area contributed by atoms with Crippen LogP contribution in [0.15, 0.2) is 54.2 Å². The molecular weight excluding hydrogens is 224 g/mol. The van der Waals surface area contributed by atoms with Crippen LogP contribution < -0.4 is 10.1 Å². The minimum Gasteiger partial charge on any atom is -0.489 e. The topological polar surface area (TPSA) is 34.2 Å². The normalized spacial score (nSPS) is 13.2. The predicted molar refractivity (Wildman–Crippen MR) is 72.6 cm³/mol. The molecule has 0 unspecified atom stereocenters. The molecule has 1 aromatic carbocycles. The van der Waals surface area contributed by atoms with Crippen molar-refractivity contribution >= 4 is 11.9 Å². The van der Waals surface area contributed by atoms with Crippen molar-refractivity contribution in [2.45, 2.75) is 0 Å². The highest BCUT2D eigenvalue weighted by Gasteiger charge is 2.10. The Hall–Kier alpha value is -2.29. The molecule has 0 saturated carbocycles. The number of hydrogen-bond acceptors (Lipinski definition) is 3. The van der Waals surface area contributed by atoms with E-state index in [9.17, 15) is 0 Å². The Labute approximate surface area is 106 Å². The molecule has 1 aromatic heterocycles. The molecule has 1 aliphatic rings. The first-order valence-electron chi connectivity index (χ1n) is 5.98. The van der Waals surface area contributed by atoms with Gasteiger partial charge in [-0.2, -0.15) is 0 Å². The van der Waals surface area contributed by atoms with Gasteiger partial charge in [-0.15, -0.1) is 0 Å². The van der Waals surface area contributed by atoms with Gasteiger partial charge in [0.1, 0.15) is 18.2 Å². The van der Waals surface area contributed by atoms with E-state index in [2.05, 4.69) is 22.4 Å². The predicted octanol–water partition coefficient (Wildman–Crippen LogP) is 2.97. The van der Waals surface area contributed by atoms with Gasteiger partial charge in [0.05, 0.1) is 0 Å². The number of aromatic nitrogens is 1. The summed E-state index contributed by atoms with van der Waals surface area (Å²) in [5, 5.41) is 3.29. The Morgan fingerprint density at radius 3 is 2.89 bits per heavy atom. The molecule has 2 heterocycles. The summed E-state index contributed by atoms with van der Waals surface area (Å²) in [6, 6.07) is 13.9. The van der Waals surface area contributed by atoms with Crippen LogP contribution in [0, 0.1) is 0 Å². The van der Waals surface area contributed by atoms with Gasteiger partial charge in [0.15, 0.2) is 0 Å². The second kappa shape index (κ2) is 4.92. The number of benzene rings is 1. The lowest BCUT2D eigenvalue weighted by Crippen LogP contribution is -2.15. The summed E-state index contributed by atoms with van der Waals surface area (Å²) in [5.41, 5.74) is 2.36. The number of nitrogens with one attached hydrogen (secondary N) is 1. The monoisotopic (exact) mass is 238 g/mol. The van der Waals surface area contributed by atoms with Crippen molar-refractivity contribution in [1.82, 2.24) is 4.98 Å². The molecule has 3 rings (SSSR count). The van der Waals surface area contributed by atoms with Crippen molar-refractivity contribution in [2.75, 3.05) is 18.5 Å². The lowest BCUT2D eigenvalue weighted by molar-refractivity contribution is 0.346. The van der Waals surface area contributed by atoms with Crippen LogP contribution in [-0.2, 0) is 0 Å². The van der Waals surface area contributed by atoms with E-state index in [-0.39, 0.29) is 0 Å². The van der Waals surface area contributed by atoms with Crippen LogP contribution in [0.4, 0.5) is 5.82 Å². The number of fused-ring (bicyclic) bond motifs is 1. The van der Waals surface area contributed by atoms with Crippen LogP contribution >= 0.6 is 0 Å². The zero-order chi connectivity index (χ0) is 12.2. The maximum absolute atomic E-state index is 5.70. The maximum Gasteiger partial charge on any atom is 0.127 e. The second-order valence-corrected chi connectivity index (χ2v) is 4.20. The van der Waals surface area contributed by atoms with E-state index in [1.165, 1.54) is 5.57 Å². The molecular formula is C15H14N2O. The van der Waals surface area contributed by atoms with Crippen molar-refractivity contribution in [3.8, 4) is 5.75 Å². The van der Waals surface area contributed by atoms with Crippen LogP contribution in [0.5, 0.6) is 5.75 Å². The lowest BCUT2D eigenvalue weighted by Gasteiger charge is -2.18. The minimum absolute atomic E-state index is 0.636. The summed E-state index contributed by atoms with van der Waals surface area (Å²) < 4.78 is 5.70. The van der Waals surface area contributed by atoms with Crippen LogP contribution in [0.2, 0.25) is 0 Å². The van der Waals surface area contributed by atoms with Crippen LogP contribution in [0.1, 0.15) is 5.56 Å². The Balaban J connectivity index is 1.70. The largest absolute Gasteiger partial charge is 0.489 e. The van der Waals surface area contributed by atoms with E-state index in [1.807, 2.05) is 36.4 Å². The van der Waals surface area contributed by atoms with Gasteiger partial charge in [-0.3, -0.25) is 0 Å². The molecule has 0 atom stereocenters. The van der Waals surface area contributed by atoms with Crippen LogP contribution in [0.25, 0.3) is 6.08 Å². The van der Waals surface area contributed by atoms with Gasteiger partial charge in [0.25, 0.3) is 0 Å². The first kappa shape index (κ1) is 10.8. The summed E-state index contributed by atoms with van der Waals surface area (Å²) in [6.07, 6.45) is 3.96. The van der Waals surface area contributed by atoms with Gasteiger partial charge in [-0.05, 0) is 29.8 Å². The van der Waals surface area contributed by atoms with Crippen LogP contribution in [-0.4, -0.2) is 18.1 Å². The number of anilines is 1. The van der Waals surface area contributed by atoms with Gasteiger partial charge in [-0.1, -0.05) is 24.3 Å². The Morgan fingerprint density at radius 1 is 1.11 bits per heavy atom.